The van der Waals surface area contributed by atoms with Gasteiger partial charge in [-0.1, -0.05) is 12.8 Å². The molecular formula is C16H28N2O3. The molecule has 21 heavy (non-hydrogen) atoms. The Morgan fingerprint density at radius 2 is 1.62 bits per heavy atom. The van der Waals surface area contributed by atoms with Crippen LogP contribution in [0, 0.1) is 17.8 Å². The Kier molecular flexibility index (Phi) is 5.62. The molecule has 5 heteroatoms. The predicted molar refractivity (Wildman–Crippen MR) is 80.9 cm³/mol. The molecule has 1 amide bonds. The minimum absolute atomic E-state index is 0.0883. The van der Waals surface area contributed by atoms with Crippen LogP contribution in [0.1, 0.15) is 38.5 Å². The number of likely N-dealkylation sites (tertiary alicyclic amines) is 1. The number of carboxylic acids is 1. The van der Waals surface area contributed by atoms with Crippen LogP contribution in [-0.4, -0.2) is 60.5 Å². The molecule has 2 atom stereocenters. The second-order valence-corrected chi connectivity index (χ2v) is 6.87. The lowest BCUT2D eigenvalue weighted by atomic mass is 9.78. The van der Waals surface area contributed by atoms with Crippen LogP contribution in [0.4, 0.5) is 0 Å². The zero-order chi connectivity index (χ0) is 15.4. The van der Waals surface area contributed by atoms with Gasteiger partial charge in [-0.2, -0.15) is 0 Å². The normalized spacial score (nSPS) is 27.9. The SMILES string of the molecule is CN(C)CC1CCN(C(=O)[C@@H]2CCCC[C@@H]2C(=O)O)CC1. The first-order chi connectivity index (χ1) is 9.99. The highest BCUT2D eigenvalue weighted by atomic mass is 16.4. The van der Waals surface area contributed by atoms with Crippen molar-refractivity contribution in [2.45, 2.75) is 38.5 Å². The van der Waals surface area contributed by atoms with E-state index in [0.29, 0.717) is 12.3 Å². The van der Waals surface area contributed by atoms with Crippen molar-refractivity contribution in [1.29, 1.82) is 0 Å². The fourth-order valence-electron chi connectivity index (χ4n) is 3.81. The minimum Gasteiger partial charge on any atom is -0.481 e. The molecule has 0 unspecified atom stereocenters. The van der Waals surface area contributed by atoms with E-state index in [1.54, 1.807) is 0 Å². The van der Waals surface area contributed by atoms with E-state index in [1.807, 2.05) is 4.90 Å². The zero-order valence-corrected chi connectivity index (χ0v) is 13.3. The second kappa shape index (κ2) is 7.25. The summed E-state index contributed by atoms with van der Waals surface area (Å²) in [6.45, 7) is 2.66. The number of hydrogen-bond donors (Lipinski definition) is 1. The van der Waals surface area contributed by atoms with Gasteiger partial charge < -0.3 is 14.9 Å². The molecule has 2 rings (SSSR count). The van der Waals surface area contributed by atoms with Gasteiger partial charge in [0.1, 0.15) is 0 Å². The summed E-state index contributed by atoms with van der Waals surface area (Å²) in [6, 6.07) is 0. The number of hydrogen-bond acceptors (Lipinski definition) is 3. The van der Waals surface area contributed by atoms with Gasteiger partial charge in [-0.05, 0) is 45.7 Å². The predicted octanol–water partition coefficient (Wildman–Crippen LogP) is 1.68. The van der Waals surface area contributed by atoms with Crippen molar-refractivity contribution in [2.24, 2.45) is 17.8 Å². The number of carbonyl (C=O) groups excluding carboxylic acids is 1. The summed E-state index contributed by atoms with van der Waals surface area (Å²) >= 11 is 0. The number of rotatable bonds is 4. The largest absolute Gasteiger partial charge is 0.481 e. The molecule has 120 valence electrons. The molecule has 0 spiro atoms. The van der Waals surface area contributed by atoms with Gasteiger partial charge in [-0.25, -0.2) is 0 Å². The maximum Gasteiger partial charge on any atom is 0.307 e. The number of carbonyl (C=O) groups is 2. The average Bonchev–Trinajstić information content (AvgIpc) is 2.46. The van der Waals surface area contributed by atoms with Gasteiger partial charge in [-0.15, -0.1) is 0 Å². The summed E-state index contributed by atoms with van der Waals surface area (Å²) in [5, 5.41) is 9.32. The molecule has 1 N–H and O–H groups in total. The van der Waals surface area contributed by atoms with Crippen molar-refractivity contribution >= 4 is 11.9 Å². The Morgan fingerprint density at radius 1 is 1.05 bits per heavy atom. The van der Waals surface area contributed by atoms with Crippen LogP contribution in [0.25, 0.3) is 0 Å². The second-order valence-electron chi connectivity index (χ2n) is 6.87. The van der Waals surface area contributed by atoms with Crippen LogP contribution in [-0.2, 0) is 9.59 Å². The Bertz CT molecular complexity index is 376. The van der Waals surface area contributed by atoms with Gasteiger partial charge in [0.2, 0.25) is 5.91 Å². The quantitative estimate of drug-likeness (QED) is 0.857. The highest BCUT2D eigenvalue weighted by molar-refractivity contribution is 5.85. The Morgan fingerprint density at radius 3 is 2.14 bits per heavy atom. The van der Waals surface area contributed by atoms with Gasteiger partial charge in [0, 0.05) is 19.6 Å². The lowest BCUT2D eigenvalue weighted by Crippen LogP contribution is -2.46. The first kappa shape index (κ1) is 16.3. The van der Waals surface area contributed by atoms with E-state index in [0.717, 1.165) is 51.7 Å². The Hall–Kier alpha value is -1.10. The van der Waals surface area contributed by atoms with Crippen molar-refractivity contribution < 1.29 is 14.7 Å². The van der Waals surface area contributed by atoms with E-state index in [1.165, 1.54) is 0 Å². The summed E-state index contributed by atoms with van der Waals surface area (Å²) in [6.07, 6.45) is 5.39. The first-order valence-electron chi connectivity index (χ1n) is 8.15. The van der Waals surface area contributed by atoms with Crippen molar-refractivity contribution in [1.82, 2.24) is 9.80 Å². The number of carboxylic acid groups (broad SMARTS) is 1. The molecule has 1 saturated carbocycles. The van der Waals surface area contributed by atoms with Crippen molar-refractivity contribution in [2.75, 3.05) is 33.7 Å². The number of piperidine rings is 1. The number of aliphatic carboxylic acids is 1. The lowest BCUT2D eigenvalue weighted by Gasteiger charge is -2.37. The molecule has 1 heterocycles. The van der Waals surface area contributed by atoms with Crippen molar-refractivity contribution in [3.8, 4) is 0 Å². The average molecular weight is 296 g/mol. The fraction of sp³-hybridized carbons (Fsp3) is 0.875. The third-order valence-corrected chi connectivity index (χ3v) is 4.95. The molecule has 0 bridgehead atoms. The van der Waals surface area contributed by atoms with Crippen molar-refractivity contribution in [3.63, 3.8) is 0 Å². The molecule has 1 saturated heterocycles. The van der Waals surface area contributed by atoms with Gasteiger partial charge in [-0.3, -0.25) is 9.59 Å². The maximum absolute atomic E-state index is 12.6. The molecule has 2 fully saturated rings. The van der Waals surface area contributed by atoms with Crippen LogP contribution in [0.3, 0.4) is 0 Å². The summed E-state index contributed by atoms with van der Waals surface area (Å²) in [4.78, 5) is 28.1. The molecule has 0 aromatic carbocycles. The van der Waals surface area contributed by atoms with Crippen LogP contribution >= 0.6 is 0 Å². The topological polar surface area (TPSA) is 60.9 Å². The van der Waals surface area contributed by atoms with Crippen LogP contribution in [0.5, 0.6) is 0 Å². The molecule has 0 aromatic heterocycles. The molecule has 2 aliphatic rings. The zero-order valence-electron chi connectivity index (χ0n) is 13.3. The van der Waals surface area contributed by atoms with Crippen LogP contribution in [0.15, 0.2) is 0 Å². The van der Waals surface area contributed by atoms with E-state index in [9.17, 15) is 14.7 Å². The number of nitrogens with zero attached hydrogens (tertiary/aromatic N) is 2. The summed E-state index contributed by atoms with van der Waals surface area (Å²) < 4.78 is 0. The Balaban J connectivity index is 1.90. The lowest BCUT2D eigenvalue weighted by molar-refractivity contribution is -0.153. The van der Waals surface area contributed by atoms with Gasteiger partial charge >= 0.3 is 5.97 Å². The van der Waals surface area contributed by atoms with E-state index in [-0.39, 0.29) is 11.8 Å². The first-order valence-corrected chi connectivity index (χ1v) is 8.15. The van der Waals surface area contributed by atoms with Gasteiger partial charge in [0.05, 0.1) is 11.8 Å². The molecule has 1 aliphatic carbocycles. The summed E-state index contributed by atoms with van der Waals surface area (Å²) in [5.74, 6) is -0.806. The molecule has 0 aromatic rings. The highest BCUT2D eigenvalue weighted by Crippen LogP contribution is 2.32. The van der Waals surface area contributed by atoms with E-state index in [4.69, 9.17) is 0 Å². The monoisotopic (exact) mass is 296 g/mol. The summed E-state index contributed by atoms with van der Waals surface area (Å²) in [7, 11) is 4.16. The molecule has 5 nitrogen and oxygen atoms in total. The maximum atomic E-state index is 12.6. The fourth-order valence-corrected chi connectivity index (χ4v) is 3.81. The van der Waals surface area contributed by atoms with Crippen LogP contribution in [0.2, 0.25) is 0 Å². The third kappa shape index (κ3) is 4.19. The third-order valence-electron chi connectivity index (χ3n) is 4.95. The van der Waals surface area contributed by atoms with E-state index >= 15 is 0 Å². The Labute approximate surface area is 127 Å². The minimum atomic E-state index is -0.796. The molecule has 0 radical (unpaired) electrons. The smallest absolute Gasteiger partial charge is 0.307 e. The van der Waals surface area contributed by atoms with Crippen LogP contribution < -0.4 is 0 Å². The molecular weight excluding hydrogens is 268 g/mol. The van der Waals surface area contributed by atoms with Gasteiger partial charge in [0.25, 0.3) is 0 Å². The highest BCUT2D eigenvalue weighted by Gasteiger charge is 2.38. The van der Waals surface area contributed by atoms with E-state index in [2.05, 4.69) is 19.0 Å². The number of amides is 1. The van der Waals surface area contributed by atoms with Crippen molar-refractivity contribution in [3.05, 3.63) is 0 Å². The molecule has 1 aliphatic heterocycles. The van der Waals surface area contributed by atoms with E-state index < -0.39 is 11.9 Å². The van der Waals surface area contributed by atoms with Gasteiger partial charge in [0.15, 0.2) is 0 Å². The summed E-state index contributed by atoms with van der Waals surface area (Å²) in [5.41, 5.74) is 0. The standard InChI is InChI=1S/C16H28N2O3/c1-17(2)11-12-7-9-18(10-8-12)15(19)13-5-3-4-6-14(13)16(20)21/h12-14H,3-11H2,1-2H3,(H,20,21)/t13-,14+/m1/s1.